The number of nitrogens with zero attached hydrogens (tertiary/aromatic N) is 3. The summed E-state index contributed by atoms with van der Waals surface area (Å²) < 4.78 is 32.9. The summed E-state index contributed by atoms with van der Waals surface area (Å²) in [5.74, 6) is 1.33. The first kappa shape index (κ1) is 15.7. The molecule has 2 heterocycles. The number of aliphatic hydroxyl groups is 1. The zero-order chi connectivity index (χ0) is 15.5. The molecule has 0 saturated heterocycles. The van der Waals surface area contributed by atoms with Crippen LogP contribution in [0.2, 0.25) is 0 Å². The highest BCUT2D eigenvalue weighted by molar-refractivity contribution is 7.89. The molecule has 7 nitrogen and oxygen atoms in total. The van der Waals surface area contributed by atoms with Crippen molar-refractivity contribution in [1.29, 1.82) is 0 Å². The van der Waals surface area contributed by atoms with Crippen LogP contribution >= 0.6 is 0 Å². The number of aryl methyl sites for hydroxylation is 2. The van der Waals surface area contributed by atoms with Crippen molar-refractivity contribution in [2.45, 2.75) is 31.3 Å². The van der Waals surface area contributed by atoms with E-state index in [1.807, 2.05) is 6.92 Å². The van der Waals surface area contributed by atoms with Crippen LogP contribution in [0.4, 0.5) is 0 Å². The summed E-state index contributed by atoms with van der Waals surface area (Å²) >= 11 is 0. The summed E-state index contributed by atoms with van der Waals surface area (Å²) in [4.78, 5) is 0.131. The molecule has 0 amide bonds. The van der Waals surface area contributed by atoms with Crippen molar-refractivity contribution in [1.82, 2.24) is 14.1 Å². The van der Waals surface area contributed by atoms with Gasteiger partial charge in [0.25, 0.3) is 0 Å². The standard InChI is InChI=1S/C13H19N3O4S/c1-11-4-5-12(20-11)9-15(2)21(18,19)13-8-14-16(10-13)6-3-7-17/h4-5,8,10,17H,3,6-7,9H2,1-2H3. The molecule has 0 fully saturated rings. The molecule has 116 valence electrons. The Morgan fingerprint density at radius 1 is 1.43 bits per heavy atom. The second-order valence-corrected chi connectivity index (χ2v) is 6.83. The number of sulfonamides is 1. The number of aliphatic hydroxyl groups excluding tert-OH is 1. The van der Waals surface area contributed by atoms with E-state index in [1.54, 1.807) is 12.1 Å². The fourth-order valence-electron chi connectivity index (χ4n) is 1.89. The maximum atomic E-state index is 12.4. The first-order chi connectivity index (χ1) is 9.93. The minimum Gasteiger partial charge on any atom is -0.465 e. The van der Waals surface area contributed by atoms with Crippen molar-refractivity contribution in [3.63, 3.8) is 0 Å². The van der Waals surface area contributed by atoms with Crippen LogP contribution < -0.4 is 0 Å². The lowest BCUT2D eigenvalue weighted by molar-refractivity contribution is 0.277. The molecule has 21 heavy (non-hydrogen) atoms. The van der Waals surface area contributed by atoms with Crippen LogP contribution in [0.5, 0.6) is 0 Å². The summed E-state index contributed by atoms with van der Waals surface area (Å²) in [6.45, 7) is 2.49. The highest BCUT2D eigenvalue weighted by Crippen LogP contribution is 2.17. The Morgan fingerprint density at radius 3 is 2.81 bits per heavy atom. The van der Waals surface area contributed by atoms with Crippen LogP contribution in [0.25, 0.3) is 0 Å². The molecule has 0 bridgehead atoms. The van der Waals surface area contributed by atoms with Crippen molar-refractivity contribution >= 4 is 10.0 Å². The van der Waals surface area contributed by atoms with Gasteiger partial charge in [0.15, 0.2) is 0 Å². The molecule has 8 heteroatoms. The second kappa shape index (κ2) is 6.42. The smallest absolute Gasteiger partial charge is 0.246 e. The van der Waals surface area contributed by atoms with Gasteiger partial charge in [-0.1, -0.05) is 0 Å². The number of hydrogen-bond acceptors (Lipinski definition) is 5. The van der Waals surface area contributed by atoms with E-state index < -0.39 is 10.0 Å². The molecule has 0 aliphatic rings. The van der Waals surface area contributed by atoms with E-state index in [0.717, 1.165) is 5.76 Å². The predicted octanol–water partition coefficient (Wildman–Crippen LogP) is 0.988. The fourth-order valence-corrected chi connectivity index (χ4v) is 2.98. The molecule has 2 aromatic rings. The molecule has 0 aromatic carbocycles. The average molecular weight is 313 g/mol. The van der Waals surface area contributed by atoms with Crippen molar-refractivity contribution < 1.29 is 17.9 Å². The van der Waals surface area contributed by atoms with E-state index in [0.29, 0.717) is 18.7 Å². The van der Waals surface area contributed by atoms with Gasteiger partial charge < -0.3 is 9.52 Å². The molecule has 0 atom stereocenters. The fraction of sp³-hybridized carbons (Fsp3) is 0.462. The van der Waals surface area contributed by atoms with Crippen LogP contribution in [0.15, 0.2) is 33.8 Å². The van der Waals surface area contributed by atoms with Gasteiger partial charge in [0, 0.05) is 26.4 Å². The Balaban J connectivity index is 2.11. The minimum atomic E-state index is -3.60. The summed E-state index contributed by atoms with van der Waals surface area (Å²) in [6, 6.07) is 3.55. The number of furan rings is 1. The predicted molar refractivity (Wildman–Crippen MR) is 76.0 cm³/mol. The molecule has 0 saturated carbocycles. The largest absolute Gasteiger partial charge is 0.465 e. The zero-order valence-electron chi connectivity index (χ0n) is 12.1. The third-order valence-electron chi connectivity index (χ3n) is 3.04. The Bertz CT molecular complexity index is 690. The van der Waals surface area contributed by atoms with Gasteiger partial charge in [0.05, 0.1) is 12.7 Å². The van der Waals surface area contributed by atoms with Gasteiger partial charge in [0.1, 0.15) is 16.4 Å². The van der Waals surface area contributed by atoms with E-state index in [9.17, 15) is 8.42 Å². The van der Waals surface area contributed by atoms with Gasteiger partial charge in [-0.3, -0.25) is 4.68 Å². The topological polar surface area (TPSA) is 88.6 Å². The zero-order valence-corrected chi connectivity index (χ0v) is 12.9. The van der Waals surface area contributed by atoms with Crippen molar-refractivity contribution in [2.75, 3.05) is 13.7 Å². The third-order valence-corrected chi connectivity index (χ3v) is 4.79. The second-order valence-electron chi connectivity index (χ2n) is 4.79. The number of rotatable bonds is 7. The van der Waals surface area contributed by atoms with Crippen molar-refractivity contribution in [3.05, 3.63) is 36.0 Å². The lowest BCUT2D eigenvalue weighted by Gasteiger charge is -2.14. The van der Waals surface area contributed by atoms with E-state index >= 15 is 0 Å². The SMILES string of the molecule is Cc1ccc(CN(C)S(=O)(=O)c2cnn(CCCO)c2)o1. The minimum absolute atomic E-state index is 0.0414. The Hall–Kier alpha value is -1.64. The molecular weight excluding hydrogens is 294 g/mol. The van der Waals surface area contributed by atoms with Gasteiger partial charge >= 0.3 is 0 Å². The Kier molecular flexibility index (Phi) is 4.81. The molecular formula is C13H19N3O4S. The van der Waals surface area contributed by atoms with Crippen molar-refractivity contribution in [2.24, 2.45) is 0 Å². The van der Waals surface area contributed by atoms with Gasteiger partial charge in [-0.15, -0.1) is 0 Å². The van der Waals surface area contributed by atoms with Crippen LogP contribution in [-0.4, -0.2) is 41.3 Å². The van der Waals surface area contributed by atoms with Crippen LogP contribution in [0.3, 0.4) is 0 Å². The quantitative estimate of drug-likeness (QED) is 0.823. The summed E-state index contributed by atoms with van der Waals surface area (Å²) in [7, 11) is -2.11. The first-order valence-corrected chi connectivity index (χ1v) is 8.02. The normalized spacial score (nSPS) is 12.2. The molecule has 2 rings (SSSR count). The van der Waals surface area contributed by atoms with E-state index in [1.165, 1.54) is 28.4 Å². The Morgan fingerprint density at radius 2 is 2.19 bits per heavy atom. The van der Waals surface area contributed by atoms with Gasteiger partial charge in [-0.25, -0.2) is 8.42 Å². The maximum absolute atomic E-state index is 12.4. The first-order valence-electron chi connectivity index (χ1n) is 6.58. The molecule has 1 N–H and O–H groups in total. The summed E-state index contributed by atoms with van der Waals surface area (Å²) in [6.07, 6.45) is 3.31. The maximum Gasteiger partial charge on any atom is 0.246 e. The highest BCUT2D eigenvalue weighted by atomic mass is 32.2. The van der Waals surface area contributed by atoms with Gasteiger partial charge in [0.2, 0.25) is 10.0 Å². The average Bonchev–Trinajstić information content (AvgIpc) is 3.06. The summed E-state index contributed by atoms with van der Waals surface area (Å²) in [5, 5.41) is 12.8. The molecule has 0 spiro atoms. The van der Waals surface area contributed by atoms with Crippen LogP contribution in [-0.2, 0) is 23.1 Å². The van der Waals surface area contributed by atoms with Crippen LogP contribution in [0.1, 0.15) is 17.9 Å². The van der Waals surface area contributed by atoms with E-state index in [-0.39, 0.29) is 18.0 Å². The molecule has 0 aliphatic carbocycles. The lowest BCUT2D eigenvalue weighted by Crippen LogP contribution is -2.26. The summed E-state index contributed by atoms with van der Waals surface area (Å²) in [5.41, 5.74) is 0. The monoisotopic (exact) mass is 313 g/mol. The number of aromatic nitrogens is 2. The molecule has 0 aliphatic heterocycles. The van der Waals surface area contributed by atoms with E-state index in [4.69, 9.17) is 9.52 Å². The molecule has 0 unspecified atom stereocenters. The van der Waals surface area contributed by atoms with Crippen LogP contribution in [0, 0.1) is 6.92 Å². The van der Waals surface area contributed by atoms with Gasteiger partial charge in [-0.2, -0.15) is 9.40 Å². The van der Waals surface area contributed by atoms with E-state index in [2.05, 4.69) is 5.10 Å². The third kappa shape index (κ3) is 3.72. The number of hydrogen-bond donors (Lipinski definition) is 1. The van der Waals surface area contributed by atoms with Gasteiger partial charge in [-0.05, 0) is 25.5 Å². The molecule has 0 radical (unpaired) electrons. The molecule has 2 aromatic heterocycles. The highest BCUT2D eigenvalue weighted by Gasteiger charge is 2.23. The lowest BCUT2D eigenvalue weighted by atomic mass is 10.4. The van der Waals surface area contributed by atoms with Crippen molar-refractivity contribution in [3.8, 4) is 0 Å². The Labute approximate surface area is 123 Å².